The van der Waals surface area contributed by atoms with Crippen LogP contribution in [0.5, 0.6) is 0 Å². The summed E-state index contributed by atoms with van der Waals surface area (Å²) in [7, 11) is 0. The summed E-state index contributed by atoms with van der Waals surface area (Å²) < 4.78 is 6.17. The van der Waals surface area contributed by atoms with Crippen molar-refractivity contribution in [2.45, 2.75) is 165 Å². The number of carbonyl (C=O) groups is 4. The molecule has 288 valence electrons. The number of aliphatic carboxylic acids is 2. The molecule has 0 aromatic heterocycles. The maximum Gasteiger partial charge on any atom is 0.309 e. The van der Waals surface area contributed by atoms with Crippen molar-refractivity contribution in [3.63, 3.8) is 0 Å². The van der Waals surface area contributed by atoms with Crippen molar-refractivity contribution in [1.82, 2.24) is 5.32 Å². The van der Waals surface area contributed by atoms with Crippen molar-refractivity contribution in [2.75, 3.05) is 0 Å². The summed E-state index contributed by atoms with van der Waals surface area (Å²) in [6.07, 6.45) is 10.5. The summed E-state index contributed by atoms with van der Waals surface area (Å²) >= 11 is 0. The Morgan fingerprint density at radius 2 is 1.45 bits per heavy atom. The van der Waals surface area contributed by atoms with Gasteiger partial charge in [0.25, 0.3) is 0 Å². The second-order valence-electron chi connectivity index (χ2n) is 21.5. The van der Waals surface area contributed by atoms with E-state index in [4.69, 9.17) is 4.74 Å². The molecule has 0 saturated heterocycles. The molecule has 8 nitrogen and oxygen atoms in total. The molecule has 3 N–H and O–H groups in total. The first-order valence-corrected chi connectivity index (χ1v) is 20.4. The number of rotatable bonds is 8. The van der Waals surface area contributed by atoms with Gasteiger partial charge < -0.3 is 20.3 Å². The minimum atomic E-state index is -1.16. The fraction of sp³-hybridized carbons (Fsp3) is 0.907. The van der Waals surface area contributed by atoms with Crippen LogP contribution in [0.25, 0.3) is 0 Å². The zero-order chi connectivity index (χ0) is 37.9. The third-order valence-corrected chi connectivity index (χ3v) is 18.0. The van der Waals surface area contributed by atoms with Crippen molar-refractivity contribution >= 4 is 23.8 Å². The van der Waals surface area contributed by atoms with Crippen molar-refractivity contribution in [2.24, 2.45) is 79.3 Å². The van der Waals surface area contributed by atoms with Crippen LogP contribution >= 0.6 is 0 Å². The Hall–Kier alpha value is -2.12. The lowest BCUT2D eigenvalue weighted by Crippen LogP contribution is -2.68. The quantitative estimate of drug-likeness (QED) is 0.215. The molecule has 6 fully saturated rings. The number of carboxylic acids is 2. The van der Waals surface area contributed by atoms with Crippen LogP contribution in [0.2, 0.25) is 0 Å². The lowest BCUT2D eigenvalue weighted by atomic mass is 9.32. The molecule has 8 heteroatoms. The van der Waals surface area contributed by atoms with E-state index < -0.39 is 34.7 Å². The SMILES string of the molecule is CC(C)C1CCC2(C(=O)NC3CC(C(=O)O)C3(C)C)CCC3(C)C(CCC4C5(C)CCC(OC(=O)CC(C)(C)C(=O)O)C(C)(C)C5CCC43C)C12. The van der Waals surface area contributed by atoms with E-state index in [1.165, 1.54) is 0 Å². The molecule has 0 aromatic rings. The lowest BCUT2D eigenvalue weighted by Gasteiger charge is -2.73. The van der Waals surface area contributed by atoms with Crippen LogP contribution in [0.4, 0.5) is 0 Å². The average Bonchev–Trinajstić information content (AvgIpc) is 3.41. The number of hydrogen-bond acceptors (Lipinski definition) is 5. The molecular weight excluding hydrogens is 642 g/mol. The second-order valence-corrected chi connectivity index (χ2v) is 21.5. The third-order valence-electron chi connectivity index (χ3n) is 18.0. The van der Waals surface area contributed by atoms with Gasteiger partial charge in [0.1, 0.15) is 6.10 Å². The predicted octanol–water partition coefficient (Wildman–Crippen LogP) is 8.75. The monoisotopic (exact) mass is 712 g/mol. The zero-order valence-corrected chi connectivity index (χ0v) is 33.6. The Bertz CT molecular complexity index is 1450. The number of ether oxygens (including phenoxy) is 1. The van der Waals surface area contributed by atoms with Crippen LogP contribution in [-0.4, -0.2) is 46.2 Å². The molecule has 6 aliphatic rings. The summed E-state index contributed by atoms with van der Waals surface area (Å²) in [5, 5.41) is 22.8. The average molecular weight is 712 g/mol. The normalized spacial score (nSPS) is 45.3. The first kappa shape index (κ1) is 38.6. The highest BCUT2D eigenvalue weighted by atomic mass is 16.5. The number of fused-ring (bicyclic) bond motifs is 7. The molecule has 0 aromatic carbocycles. The molecule has 0 aliphatic heterocycles. The lowest BCUT2D eigenvalue weighted by molar-refractivity contribution is -0.250. The van der Waals surface area contributed by atoms with Gasteiger partial charge >= 0.3 is 17.9 Å². The van der Waals surface area contributed by atoms with E-state index in [1.807, 2.05) is 13.8 Å². The van der Waals surface area contributed by atoms with Crippen LogP contribution in [-0.2, 0) is 23.9 Å². The molecule has 0 radical (unpaired) electrons. The van der Waals surface area contributed by atoms with Crippen LogP contribution in [0.1, 0.15) is 153 Å². The first-order valence-electron chi connectivity index (χ1n) is 20.4. The Balaban J connectivity index is 1.25. The molecule has 0 spiro atoms. The number of esters is 1. The third kappa shape index (κ3) is 5.46. The Kier molecular flexibility index (Phi) is 9.23. The largest absolute Gasteiger partial charge is 0.481 e. The van der Waals surface area contributed by atoms with Gasteiger partial charge in [-0.05, 0) is 142 Å². The molecule has 0 bridgehead atoms. The number of hydrogen-bond donors (Lipinski definition) is 3. The topological polar surface area (TPSA) is 130 Å². The molecule has 6 aliphatic carbocycles. The molecule has 6 saturated carbocycles. The van der Waals surface area contributed by atoms with Gasteiger partial charge in [0.2, 0.25) is 5.91 Å². The van der Waals surface area contributed by atoms with Crippen LogP contribution in [0, 0.1) is 79.3 Å². The predicted molar refractivity (Wildman–Crippen MR) is 196 cm³/mol. The van der Waals surface area contributed by atoms with Gasteiger partial charge in [-0.15, -0.1) is 0 Å². The minimum Gasteiger partial charge on any atom is -0.481 e. The zero-order valence-electron chi connectivity index (χ0n) is 33.6. The summed E-state index contributed by atoms with van der Waals surface area (Å²) in [4.78, 5) is 51.4. The summed E-state index contributed by atoms with van der Waals surface area (Å²) in [6.45, 7) is 24.2. The smallest absolute Gasteiger partial charge is 0.309 e. The number of carboxylic acid groups (broad SMARTS) is 2. The van der Waals surface area contributed by atoms with E-state index in [0.29, 0.717) is 41.9 Å². The van der Waals surface area contributed by atoms with E-state index in [0.717, 1.165) is 64.2 Å². The maximum absolute atomic E-state index is 14.7. The van der Waals surface area contributed by atoms with Crippen molar-refractivity contribution in [3.05, 3.63) is 0 Å². The molecule has 6 rings (SSSR count). The summed E-state index contributed by atoms with van der Waals surface area (Å²) in [6, 6.07) is -0.0996. The maximum atomic E-state index is 14.7. The molecule has 12 atom stereocenters. The van der Waals surface area contributed by atoms with E-state index in [-0.39, 0.29) is 51.5 Å². The Morgan fingerprint density at radius 3 is 2.04 bits per heavy atom. The van der Waals surface area contributed by atoms with Crippen molar-refractivity contribution in [3.8, 4) is 0 Å². The van der Waals surface area contributed by atoms with E-state index >= 15 is 0 Å². The Labute approximate surface area is 307 Å². The minimum absolute atomic E-state index is 0.0996. The van der Waals surface area contributed by atoms with Crippen molar-refractivity contribution in [1.29, 1.82) is 0 Å². The summed E-state index contributed by atoms with van der Waals surface area (Å²) in [5.41, 5.74) is -1.88. The van der Waals surface area contributed by atoms with Gasteiger partial charge in [0.05, 0.1) is 23.2 Å². The number of carbonyl (C=O) groups excluding carboxylic acids is 2. The fourth-order valence-corrected chi connectivity index (χ4v) is 14.5. The van der Waals surface area contributed by atoms with Gasteiger partial charge in [0, 0.05) is 11.5 Å². The van der Waals surface area contributed by atoms with E-state index in [2.05, 4.69) is 53.8 Å². The highest BCUT2D eigenvalue weighted by molar-refractivity contribution is 5.85. The van der Waals surface area contributed by atoms with Gasteiger partial charge in [0.15, 0.2) is 0 Å². The van der Waals surface area contributed by atoms with Gasteiger partial charge in [-0.1, -0.05) is 62.3 Å². The van der Waals surface area contributed by atoms with Gasteiger partial charge in [-0.25, -0.2) is 0 Å². The summed E-state index contributed by atoms with van der Waals surface area (Å²) in [5.74, 6) is 0.363. The highest BCUT2D eigenvalue weighted by Crippen LogP contribution is 2.77. The van der Waals surface area contributed by atoms with E-state index in [9.17, 15) is 29.4 Å². The first-order chi connectivity index (χ1) is 23.4. The molecule has 51 heavy (non-hydrogen) atoms. The highest BCUT2D eigenvalue weighted by Gasteiger charge is 2.72. The fourth-order valence-electron chi connectivity index (χ4n) is 14.5. The number of nitrogens with one attached hydrogen (secondary N) is 1. The van der Waals surface area contributed by atoms with Crippen LogP contribution < -0.4 is 5.32 Å². The van der Waals surface area contributed by atoms with Crippen molar-refractivity contribution < 1.29 is 34.1 Å². The number of amides is 1. The molecule has 12 unspecified atom stereocenters. The Morgan fingerprint density at radius 1 is 0.784 bits per heavy atom. The van der Waals surface area contributed by atoms with Crippen LogP contribution in [0.3, 0.4) is 0 Å². The van der Waals surface area contributed by atoms with Gasteiger partial charge in [-0.3, -0.25) is 19.2 Å². The van der Waals surface area contributed by atoms with E-state index in [1.54, 1.807) is 13.8 Å². The molecular formula is C43H69NO7. The second kappa shape index (κ2) is 12.2. The molecule has 1 amide bonds. The van der Waals surface area contributed by atoms with Crippen LogP contribution in [0.15, 0.2) is 0 Å². The standard InChI is InChI=1S/C43H69NO7/c1-24(2)25-14-19-43(35(48)44-30-22-27(34(46)47)38(30,5)6)21-20-41(10)26(33(25)43)12-13-29-40(9)17-16-31(51-32(45)23-37(3,4)36(49)50)39(7,8)28(40)15-18-42(29,41)11/h24-31,33H,12-23H2,1-11H3,(H,44,48)(H,46,47)(H,49,50). The van der Waals surface area contributed by atoms with Gasteiger partial charge in [-0.2, -0.15) is 0 Å². The molecule has 0 heterocycles.